The van der Waals surface area contributed by atoms with Gasteiger partial charge in [-0.25, -0.2) is 8.42 Å². The van der Waals surface area contributed by atoms with Crippen molar-refractivity contribution < 1.29 is 17.7 Å². The van der Waals surface area contributed by atoms with Gasteiger partial charge in [-0.15, -0.1) is 0 Å². The molecule has 0 saturated carbocycles. The van der Waals surface area contributed by atoms with Gasteiger partial charge in [0.05, 0.1) is 5.75 Å². The lowest BCUT2D eigenvalue weighted by Crippen LogP contribution is -2.30. The maximum atomic E-state index is 11.5. The molecule has 0 unspecified atom stereocenters. The SMILES string of the molecule is CCC(=O)NCCS(=O)(=O)Nc1cc(C)on1. The maximum absolute atomic E-state index is 11.5. The summed E-state index contributed by atoms with van der Waals surface area (Å²) >= 11 is 0. The highest BCUT2D eigenvalue weighted by molar-refractivity contribution is 7.92. The molecule has 0 aliphatic heterocycles. The van der Waals surface area contributed by atoms with E-state index in [1.165, 1.54) is 6.07 Å². The molecule has 1 aromatic heterocycles. The van der Waals surface area contributed by atoms with Crippen molar-refractivity contribution in [1.82, 2.24) is 10.5 Å². The molecule has 0 aromatic carbocycles. The minimum atomic E-state index is -3.51. The van der Waals surface area contributed by atoms with Gasteiger partial charge in [-0.1, -0.05) is 12.1 Å². The molecule has 17 heavy (non-hydrogen) atoms. The molecule has 96 valence electrons. The first-order valence-corrected chi connectivity index (χ1v) is 6.78. The van der Waals surface area contributed by atoms with E-state index in [-0.39, 0.29) is 24.0 Å². The van der Waals surface area contributed by atoms with Gasteiger partial charge >= 0.3 is 0 Å². The summed E-state index contributed by atoms with van der Waals surface area (Å²) < 4.78 is 30.0. The highest BCUT2D eigenvalue weighted by Gasteiger charge is 2.13. The highest BCUT2D eigenvalue weighted by atomic mass is 32.2. The smallest absolute Gasteiger partial charge is 0.235 e. The molecule has 1 aromatic rings. The largest absolute Gasteiger partial charge is 0.360 e. The summed E-state index contributed by atoms with van der Waals surface area (Å²) in [5.41, 5.74) is 0. The van der Waals surface area contributed by atoms with Gasteiger partial charge in [0.15, 0.2) is 5.82 Å². The Morgan fingerprint density at radius 2 is 2.24 bits per heavy atom. The molecule has 1 amide bonds. The molecule has 0 spiro atoms. The van der Waals surface area contributed by atoms with Gasteiger partial charge < -0.3 is 9.84 Å². The molecule has 0 saturated heterocycles. The van der Waals surface area contributed by atoms with Gasteiger partial charge in [0.1, 0.15) is 5.76 Å². The molecule has 0 fully saturated rings. The first-order valence-electron chi connectivity index (χ1n) is 5.13. The van der Waals surface area contributed by atoms with E-state index in [0.29, 0.717) is 12.2 Å². The van der Waals surface area contributed by atoms with E-state index in [4.69, 9.17) is 4.52 Å². The van der Waals surface area contributed by atoms with Crippen molar-refractivity contribution in [3.8, 4) is 0 Å². The van der Waals surface area contributed by atoms with Gasteiger partial charge in [0.25, 0.3) is 0 Å². The lowest BCUT2D eigenvalue weighted by Gasteiger charge is -2.05. The van der Waals surface area contributed by atoms with Crippen LogP contribution in [-0.4, -0.2) is 31.8 Å². The highest BCUT2D eigenvalue weighted by Crippen LogP contribution is 2.08. The topological polar surface area (TPSA) is 101 Å². The van der Waals surface area contributed by atoms with Gasteiger partial charge in [-0.05, 0) is 6.92 Å². The van der Waals surface area contributed by atoms with E-state index in [1.54, 1.807) is 13.8 Å². The van der Waals surface area contributed by atoms with Crippen LogP contribution in [0.1, 0.15) is 19.1 Å². The zero-order chi connectivity index (χ0) is 12.9. The Bertz CT molecular complexity index is 480. The molecule has 2 N–H and O–H groups in total. The van der Waals surface area contributed by atoms with Crippen molar-refractivity contribution in [2.75, 3.05) is 17.0 Å². The predicted octanol–water partition coefficient (Wildman–Crippen LogP) is 0.251. The van der Waals surface area contributed by atoms with Crippen LogP contribution in [0, 0.1) is 6.92 Å². The Balaban J connectivity index is 2.44. The van der Waals surface area contributed by atoms with E-state index in [9.17, 15) is 13.2 Å². The van der Waals surface area contributed by atoms with Crippen LogP contribution in [0.5, 0.6) is 0 Å². The summed E-state index contributed by atoms with van der Waals surface area (Å²) in [6.07, 6.45) is 0.329. The molecule has 1 rings (SSSR count). The van der Waals surface area contributed by atoms with Crippen LogP contribution in [0.25, 0.3) is 0 Å². The Morgan fingerprint density at radius 3 is 2.76 bits per heavy atom. The first kappa shape index (κ1) is 13.5. The van der Waals surface area contributed by atoms with Crippen molar-refractivity contribution in [3.63, 3.8) is 0 Å². The summed E-state index contributed by atoms with van der Waals surface area (Å²) in [5, 5.41) is 5.99. The number of amides is 1. The van der Waals surface area contributed by atoms with E-state index in [1.807, 2.05) is 0 Å². The van der Waals surface area contributed by atoms with Crippen LogP contribution in [0.4, 0.5) is 5.82 Å². The van der Waals surface area contributed by atoms with Crippen LogP contribution in [-0.2, 0) is 14.8 Å². The summed E-state index contributed by atoms with van der Waals surface area (Å²) in [4.78, 5) is 10.9. The fourth-order valence-electron chi connectivity index (χ4n) is 1.07. The van der Waals surface area contributed by atoms with Crippen molar-refractivity contribution in [3.05, 3.63) is 11.8 Å². The predicted molar refractivity (Wildman–Crippen MR) is 62.0 cm³/mol. The van der Waals surface area contributed by atoms with Gasteiger partial charge in [0, 0.05) is 19.0 Å². The third-order valence-electron chi connectivity index (χ3n) is 1.90. The average molecular weight is 261 g/mol. The second-order valence-electron chi connectivity index (χ2n) is 3.45. The summed E-state index contributed by atoms with van der Waals surface area (Å²) in [5.74, 6) is 0.272. The second kappa shape index (κ2) is 5.67. The Kier molecular flexibility index (Phi) is 4.50. The van der Waals surface area contributed by atoms with Crippen molar-refractivity contribution in [2.45, 2.75) is 20.3 Å². The molecule has 1 heterocycles. The zero-order valence-corrected chi connectivity index (χ0v) is 10.5. The van der Waals surface area contributed by atoms with Gasteiger partial charge in [-0.2, -0.15) is 0 Å². The number of aromatic nitrogens is 1. The molecule has 0 aliphatic carbocycles. The maximum Gasteiger partial charge on any atom is 0.235 e. The summed E-state index contributed by atoms with van der Waals surface area (Å²) in [7, 11) is -3.51. The van der Waals surface area contributed by atoms with E-state index < -0.39 is 10.0 Å². The quantitative estimate of drug-likeness (QED) is 0.764. The van der Waals surface area contributed by atoms with Gasteiger partial charge in [0.2, 0.25) is 15.9 Å². The summed E-state index contributed by atoms with van der Waals surface area (Å²) in [6, 6.07) is 1.47. The molecular weight excluding hydrogens is 246 g/mol. The lowest BCUT2D eigenvalue weighted by atomic mass is 10.4. The Morgan fingerprint density at radius 1 is 1.53 bits per heavy atom. The molecule has 0 atom stereocenters. The van der Waals surface area contributed by atoms with Gasteiger partial charge in [-0.3, -0.25) is 9.52 Å². The minimum absolute atomic E-state index is 0.0683. The molecule has 0 radical (unpaired) electrons. The van der Waals surface area contributed by atoms with Crippen LogP contribution in [0.15, 0.2) is 10.6 Å². The number of hydrogen-bond acceptors (Lipinski definition) is 5. The number of sulfonamides is 1. The third-order valence-corrected chi connectivity index (χ3v) is 3.16. The zero-order valence-electron chi connectivity index (χ0n) is 9.69. The van der Waals surface area contributed by atoms with E-state index >= 15 is 0 Å². The number of rotatable bonds is 6. The van der Waals surface area contributed by atoms with Crippen molar-refractivity contribution in [1.29, 1.82) is 0 Å². The lowest BCUT2D eigenvalue weighted by molar-refractivity contribution is -0.120. The number of anilines is 1. The normalized spacial score (nSPS) is 11.2. The first-order chi connectivity index (χ1) is 7.93. The molecule has 7 nitrogen and oxygen atoms in total. The number of hydrogen-bond donors (Lipinski definition) is 2. The fraction of sp³-hybridized carbons (Fsp3) is 0.556. The molecule has 0 aliphatic rings. The standard InChI is InChI=1S/C9H15N3O4S/c1-3-9(13)10-4-5-17(14,15)12-8-6-7(2)16-11-8/h6H,3-5H2,1-2H3,(H,10,13)(H,11,12). The van der Waals surface area contributed by atoms with Crippen LogP contribution in [0.2, 0.25) is 0 Å². The van der Waals surface area contributed by atoms with Crippen LogP contribution < -0.4 is 10.0 Å². The number of nitrogens with zero attached hydrogens (tertiary/aromatic N) is 1. The number of aryl methyl sites for hydroxylation is 1. The Labute approximate surface area is 99.6 Å². The minimum Gasteiger partial charge on any atom is -0.360 e. The number of carbonyl (C=O) groups excluding carboxylic acids is 1. The Hall–Kier alpha value is -1.57. The third kappa shape index (κ3) is 4.85. The number of carbonyl (C=O) groups is 1. The summed E-state index contributed by atoms with van der Waals surface area (Å²) in [6.45, 7) is 3.42. The van der Waals surface area contributed by atoms with Crippen LogP contribution >= 0.6 is 0 Å². The van der Waals surface area contributed by atoms with E-state index in [0.717, 1.165) is 0 Å². The van der Waals surface area contributed by atoms with E-state index in [2.05, 4.69) is 15.2 Å². The van der Waals surface area contributed by atoms with Crippen molar-refractivity contribution >= 4 is 21.7 Å². The second-order valence-corrected chi connectivity index (χ2v) is 5.29. The average Bonchev–Trinajstić information content (AvgIpc) is 2.62. The molecule has 0 bridgehead atoms. The molecule has 8 heteroatoms. The monoisotopic (exact) mass is 261 g/mol. The molecular formula is C9H15N3O4S. The van der Waals surface area contributed by atoms with Crippen molar-refractivity contribution in [2.24, 2.45) is 0 Å². The van der Waals surface area contributed by atoms with Crippen LogP contribution in [0.3, 0.4) is 0 Å². The fourth-order valence-corrected chi connectivity index (χ4v) is 1.96. The number of nitrogens with one attached hydrogen (secondary N) is 2.